The zero-order valence-electron chi connectivity index (χ0n) is 12.6. The molecular weight excluding hydrogens is 296 g/mol. The van der Waals surface area contributed by atoms with E-state index in [4.69, 9.17) is 4.74 Å². The molecule has 1 amide bonds. The Morgan fingerprint density at radius 2 is 2.22 bits per heavy atom. The molecule has 0 unspecified atom stereocenters. The molecule has 118 valence electrons. The fourth-order valence-electron chi connectivity index (χ4n) is 2.53. The molecule has 23 heavy (non-hydrogen) atoms. The van der Waals surface area contributed by atoms with Crippen molar-refractivity contribution in [3.63, 3.8) is 0 Å². The van der Waals surface area contributed by atoms with Crippen molar-refractivity contribution in [2.24, 2.45) is 5.92 Å². The average molecular weight is 312 g/mol. The quantitative estimate of drug-likeness (QED) is 0.814. The summed E-state index contributed by atoms with van der Waals surface area (Å²) < 4.78 is 5.00. The van der Waals surface area contributed by atoms with Gasteiger partial charge in [-0.3, -0.25) is 9.89 Å². The Morgan fingerprint density at radius 3 is 2.91 bits per heavy atom. The molecule has 0 saturated heterocycles. The van der Waals surface area contributed by atoms with Crippen LogP contribution in [0.15, 0.2) is 24.3 Å². The number of nitrogens with zero attached hydrogens (tertiary/aromatic N) is 2. The second kappa shape index (κ2) is 5.72. The number of nitrogens with one attached hydrogen (secondary N) is 2. The van der Waals surface area contributed by atoms with Gasteiger partial charge in [-0.15, -0.1) is 0 Å². The van der Waals surface area contributed by atoms with Crippen molar-refractivity contribution in [3.05, 3.63) is 30.0 Å². The van der Waals surface area contributed by atoms with Crippen molar-refractivity contribution in [2.45, 2.75) is 25.3 Å². The van der Waals surface area contributed by atoms with Gasteiger partial charge >= 0.3 is 5.97 Å². The van der Waals surface area contributed by atoms with Crippen LogP contribution in [0.25, 0.3) is 10.9 Å². The highest BCUT2D eigenvalue weighted by molar-refractivity contribution is 6.02. The summed E-state index contributed by atoms with van der Waals surface area (Å²) in [6.07, 6.45) is 1.84. The number of esters is 1. The minimum absolute atomic E-state index is 0.138. The molecule has 1 aliphatic carbocycles. The lowest BCUT2D eigenvalue weighted by Crippen LogP contribution is -2.48. The second-order valence-electron chi connectivity index (χ2n) is 5.83. The smallest absolute Gasteiger partial charge is 0.359 e. The Balaban J connectivity index is 1.61. The van der Waals surface area contributed by atoms with Crippen molar-refractivity contribution in [1.82, 2.24) is 15.5 Å². The third-order valence-electron chi connectivity index (χ3n) is 4.02. The first-order valence-corrected chi connectivity index (χ1v) is 7.36. The molecule has 2 N–H and O–H groups in total. The molecule has 1 atom stereocenters. The molecule has 1 aliphatic rings. The van der Waals surface area contributed by atoms with Crippen LogP contribution in [0.5, 0.6) is 0 Å². The highest BCUT2D eigenvalue weighted by atomic mass is 16.5. The summed E-state index contributed by atoms with van der Waals surface area (Å²) in [5.74, 6) is -1.00. The molecule has 0 bridgehead atoms. The van der Waals surface area contributed by atoms with Crippen molar-refractivity contribution >= 4 is 22.8 Å². The lowest BCUT2D eigenvalue weighted by atomic mass is 9.98. The molecule has 0 aliphatic heterocycles. The molecule has 0 radical (unpaired) electrons. The second-order valence-corrected chi connectivity index (χ2v) is 5.83. The van der Waals surface area contributed by atoms with E-state index in [1.165, 1.54) is 0 Å². The summed E-state index contributed by atoms with van der Waals surface area (Å²) in [5.41, 5.74) is -0.0453. The molecule has 3 rings (SSSR count). The number of hydrogen-bond acceptors (Lipinski definition) is 5. The first-order valence-electron chi connectivity index (χ1n) is 7.36. The van der Waals surface area contributed by atoms with Gasteiger partial charge in [0.25, 0.3) is 5.91 Å². The monoisotopic (exact) mass is 312 g/mol. The number of fused-ring (bicyclic) bond motifs is 1. The fourth-order valence-corrected chi connectivity index (χ4v) is 2.53. The van der Waals surface area contributed by atoms with Crippen molar-refractivity contribution in [2.75, 3.05) is 6.61 Å². The minimum Gasteiger partial charge on any atom is -0.451 e. The summed E-state index contributed by atoms with van der Waals surface area (Å²) in [4.78, 5) is 24.0. The van der Waals surface area contributed by atoms with Gasteiger partial charge in [-0.05, 0) is 31.7 Å². The van der Waals surface area contributed by atoms with Gasteiger partial charge in [0.05, 0.1) is 11.6 Å². The van der Waals surface area contributed by atoms with Gasteiger partial charge in [0.2, 0.25) is 0 Å². The van der Waals surface area contributed by atoms with Crippen LogP contribution in [0.3, 0.4) is 0 Å². The third kappa shape index (κ3) is 3.01. The Labute approximate surface area is 132 Å². The number of carbonyl (C=O) groups is 2. The van der Waals surface area contributed by atoms with Gasteiger partial charge in [0, 0.05) is 5.39 Å². The number of hydrogen-bond donors (Lipinski definition) is 2. The zero-order valence-corrected chi connectivity index (χ0v) is 12.6. The molecule has 0 spiro atoms. The number of rotatable bonds is 5. The summed E-state index contributed by atoms with van der Waals surface area (Å²) in [6.45, 7) is 1.25. The minimum atomic E-state index is -0.900. The maximum atomic E-state index is 12.1. The van der Waals surface area contributed by atoms with E-state index >= 15 is 0 Å². The van der Waals surface area contributed by atoms with Crippen LogP contribution < -0.4 is 5.32 Å². The van der Waals surface area contributed by atoms with Crippen LogP contribution in [-0.4, -0.2) is 34.2 Å². The molecular formula is C16H16N4O3. The summed E-state index contributed by atoms with van der Waals surface area (Å²) in [7, 11) is 0. The van der Waals surface area contributed by atoms with E-state index in [9.17, 15) is 14.9 Å². The Bertz CT molecular complexity index is 803. The van der Waals surface area contributed by atoms with Crippen LogP contribution >= 0.6 is 0 Å². The first-order chi connectivity index (χ1) is 11.0. The number of aromatic amines is 1. The van der Waals surface area contributed by atoms with E-state index in [1.54, 1.807) is 25.1 Å². The number of carbonyl (C=O) groups excluding carboxylic acids is 2. The van der Waals surface area contributed by atoms with Crippen LogP contribution in [0.4, 0.5) is 0 Å². The predicted octanol–water partition coefficient (Wildman–Crippen LogP) is 1.53. The summed E-state index contributed by atoms with van der Waals surface area (Å²) in [6, 6.07) is 9.27. The molecule has 7 nitrogen and oxygen atoms in total. The van der Waals surface area contributed by atoms with Gasteiger partial charge in [-0.25, -0.2) is 4.79 Å². The van der Waals surface area contributed by atoms with Crippen LogP contribution in [0.2, 0.25) is 0 Å². The van der Waals surface area contributed by atoms with Crippen molar-refractivity contribution in [1.29, 1.82) is 5.26 Å². The summed E-state index contributed by atoms with van der Waals surface area (Å²) in [5, 5.41) is 19.1. The fraction of sp³-hybridized carbons (Fsp3) is 0.375. The molecule has 1 heterocycles. The summed E-state index contributed by atoms with van der Waals surface area (Å²) >= 11 is 0. The van der Waals surface area contributed by atoms with Gasteiger partial charge in [-0.1, -0.05) is 18.2 Å². The van der Waals surface area contributed by atoms with E-state index in [1.807, 2.05) is 6.07 Å². The Kier molecular flexibility index (Phi) is 3.74. The number of para-hydroxylation sites is 1. The third-order valence-corrected chi connectivity index (χ3v) is 4.02. The van der Waals surface area contributed by atoms with Gasteiger partial charge in [0.1, 0.15) is 5.54 Å². The van der Waals surface area contributed by atoms with Gasteiger partial charge in [-0.2, -0.15) is 10.4 Å². The first kappa shape index (κ1) is 15.0. The van der Waals surface area contributed by atoms with Gasteiger partial charge < -0.3 is 10.1 Å². The van der Waals surface area contributed by atoms with E-state index in [2.05, 4.69) is 21.6 Å². The van der Waals surface area contributed by atoms with Crippen molar-refractivity contribution in [3.8, 4) is 6.07 Å². The molecule has 1 aromatic carbocycles. The molecule has 7 heteroatoms. The maximum absolute atomic E-state index is 12.1. The number of ether oxygens (including phenoxy) is 1. The van der Waals surface area contributed by atoms with E-state index < -0.39 is 24.0 Å². The van der Waals surface area contributed by atoms with Crippen LogP contribution in [-0.2, 0) is 9.53 Å². The van der Waals surface area contributed by atoms with Gasteiger partial charge in [0.15, 0.2) is 12.3 Å². The maximum Gasteiger partial charge on any atom is 0.359 e. The number of aromatic nitrogens is 2. The largest absolute Gasteiger partial charge is 0.451 e. The predicted molar refractivity (Wildman–Crippen MR) is 81.3 cm³/mol. The Morgan fingerprint density at radius 1 is 1.48 bits per heavy atom. The number of amides is 1. The molecule has 1 aromatic heterocycles. The average Bonchev–Trinajstić information content (AvgIpc) is 3.33. The molecule has 1 saturated carbocycles. The van der Waals surface area contributed by atoms with Crippen LogP contribution in [0, 0.1) is 17.2 Å². The highest BCUT2D eigenvalue weighted by Crippen LogP contribution is 2.39. The standard InChI is InChI=1S/C16H16N4O3/c1-16(9-17,10-6-7-10)18-13(21)8-23-15(22)14-11-4-2-3-5-12(11)19-20-14/h2-5,10H,6-8H2,1H3,(H,18,21)(H,19,20)/t16-/m1/s1. The van der Waals surface area contributed by atoms with E-state index in [0.29, 0.717) is 5.39 Å². The number of benzene rings is 1. The SMILES string of the molecule is C[C@](C#N)(NC(=O)COC(=O)c1n[nH]c2ccccc12)C1CC1. The highest BCUT2D eigenvalue weighted by Gasteiger charge is 2.43. The zero-order chi connectivity index (χ0) is 16.4. The number of nitriles is 1. The topological polar surface area (TPSA) is 108 Å². The van der Waals surface area contributed by atoms with E-state index in [-0.39, 0.29) is 11.6 Å². The molecule has 1 fully saturated rings. The van der Waals surface area contributed by atoms with Crippen molar-refractivity contribution < 1.29 is 14.3 Å². The molecule has 2 aromatic rings. The lowest BCUT2D eigenvalue weighted by molar-refractivity contribution is -0.125. The van der Waals surface area contributed by atoms with E-state index in [0.717, 1.165) is 18.4 Å². The van der Waals surface area contributed by atoms with Crippen LogP contribution in [0.1, 0.15) is 30.3 Å². The number of H-pyrrole nitrogens is 1. The Hall–Kier alpha value is -2.88. The lowest BCUT2D eigenvalue weighted by Gasteiger charge is -2.22. The normalized spacial score (nSPS) is 16.3.